The molecular formula is C42H44N2S2. The Balaban J connectivity index is 1.10. The number of piperidine rings is 2. The zero-order valence-electron chi connectivity index (χ0n) is 27.6. The van der Waals surface area contributed by atoms with Crippen LogP contribution in [0.15, 0.2) is 72.8 Å². The highest BCUT2D eigenvalue weighted by molar-refractivity contribution is 7.28. The minimum atomic E-state index is 0.792. The second kappa shape index (κ2) is 11.1. The molecule has 0 unspecified atom stereocenters. The normalized spacial score (nSPS) is 17.4. The van der Waals surface area contributed by atoms with Crippen LogP contribution >= 0.6 is 22.7 Å². The topological polar surface area (TPSA) is 6.48 Å². The van der Waals surface area contributed by atoms with Gasteiger partial charge in [0, 0.05) is 77.9 Å². The monoisotopic (exact) mass is 640 g/mol. The van der Waals surface area contributed by atoms with Crippen LogP contribution in [0, 0.1) is 23.7 Å². The fourth-order valence-corrected chi connectivity index (χ4v) is 10.9. The van der Waals surface area contributed by atoms with Crippen LogP contribution in [-0.4, -0.2) is 26.2 Å². The molecule has 2 aliphatic rings. The maximum absolute atomic E-state index is 2.61. The summed E-state index contributed by atoms with van der Waals surface area (Å²) >= 11 is 3.91. The van der Waals surface area contributed by atoms with Crippen molar-refractivity contribution in [3.63, 3.8) is 0 Å². The van der Waals surface area contributed by atoms with Crippen molar-refractivity contribution in [1.82, 2.24) is 0 Å². The molecule has 2 aliphatic heterocycles. The van der Waals surface area contributed by atoms with Crippen LogP contribution in [0.5, 0.6) is 0 Å². The van der Waals surface area contributed by atoms with E-state index in [1.54, 1.807) is 0 Å². The molecule has 0 aliphatic carbocycles. The molecule has 0 bridgehead atoms. The maximum Gasteiger partial charge on any atom is 0.0372 e. The van der Waals surface area contributed by atoms with Gasteiger partial charge in [0.2, 0.25) is 0 Å². The Bertz CT molecular complexity index is 2090. The van der Waals surface area contributed by atoms with E-state index in [4.69, 9.17) is 0 Å². The van der Waals surface area contributed by atoms with Crippen molar-refractivity contribution in [2.75, 3.05) is 36.0 Å². The summed E-state index contributed by atoms with van der Waals surface area (Å²) < 4.78 is 5.59. The van der Waals surface area contributed by atoms with E-state index in [-0.39, 0.29) is 0 Å². The number of hydrogen-bond donors (Lipinski definition) is 0. The summed E-state index contributed by atoms with van der Waals surface area (Å²) in [6.07, 6.45) is 5.24. The average Bonchev–Trinajstić information content (AvgIpc) is 3.62. The fraction of sp³-hybridized carbons (Fsp3) is 0.381. The summed E-state index contributed by atoms with van der Waals surface area (Å²) in [6, 6.07) is 28.9. The van der Waals surface area contributed by atoms with Gasteiger partial charge < -0.3 is 9.80 Å². The van der Waals surface area contributed by atoms with Gasteiger partial charge in [0.15, 0.2) is 0 Å². The largest absolute Gasteiger partial charge is 0.371 e. The zero-order valence-corrected chi connectivity index (χ0v) is 29.2. The van der Waals surface area contributed by atoms with E-state index >= 15 is 0 Å². The molecular weight excluding hydrogens is 597 g/mol. The predicted octanol–water partition coefficient (Wildman–Crippen LogP) is 12.5. The van der Waals surface area contributed by atoms with Crippen LogP contribution in [0.3, 0.4) is 0 Å². The van der Waals surface area contributed by atoms with Crippen LogP contribution in [-0.2, 0) is 0 Å². The minimum absolute atomic E-state index is 0.792. The highest BCUT2D eigenvalue weighted by Crippen LogP contribution is 2.46. The van der Waals surface area contributed by atoms with Gasteiger partial charge in [-0.05, 0) is 132 Å². The van der Waals surface area contributed by atoms with E-state index in [1.807, 2.05) is 22.7 Å². The predicted molar refractivity (Wildman–Crippen MR) is 207 cm³/mol. The molecule has 0 saturated carbocycles. The lowest BCUT2D eigenvalue weighted by Crippen LogP contribution is -2.35. The summed E-state index contributed by atoms with van der Waals surface area (Å²) in [4.78, 5) is 5.22. The molecule has 0 amide bonds. The smallest absolute Gasteiger partial charge is 0.0372 e. The summed E-state index contributed by atoms with van der Waals surface area (Å²) in [7, 11) is 0. The van der Waals surface area contributed by atoms with Gasteiger partial charge in [-0.3, -0.25) is 0 Å². The van der Waals surface area contributed by atoms with Crippen molar-refractivity contribution < 1.29 is 0 Å². The summed E-state index contributed by atoms with van der Waals surface area (Å²) in [5, 5.41) is 11.1. The quantitative estimate of drug-likeness (QED) is 0.189. The van der Waals surface area contributed by atoms with E-state index in [0.717, 1.165) is 23.7 Å². The molecule has 2 aromatic heterocycles. The molecule has 2 nitrogen and oxygen atoms in total. The zero-order chi connectivity index (χ0) is 31.1. The number of thiophene rings is 2. The lowest BCUT2D eigenvalue weighted by Gasteiger charge is -2.35. The minimum Gasteiger partial charge on any atom is -0.371 e. The second-order valence-corrected chi connectivity index (χ2v) is 17.1. The molecule has 4 heteroatoms. The van der Waals surface area contributed by atoms with Gasteiger partial charge in [-0.25, -0.2) is 0 Å². The fourth-order valence-electron chi connectivity index (χ4n) is 8.64. The first kappa shape index (κ1) is 28.8. The first-order valence-electron chi connectivity index (χ1n) is 17.6. The first-order chi connectivity index (χ1) is 22.4. The van der Waals surface area contributed by atoms with E-state index in [0.29, 0.717) is 0 Å². The maximum atomic E-state index is 2.61. The molecule has 5 aromatic carbocycles. The Morgan fingerprint density at radius 1 is 0.478 bits per heavy atom. The van der Waals surface area contributed by atoms with Gasteiger partial charge in [-0.1, -0.05) is 39.8 Å². The van der Waals surface area contributed by atoms with Gasteiger partial charge in [-0.2, -0.15) is 0 Å². The lowest BCUT2D eigenvalue weighted by atomic mass is 9.86. The van der Waals surface area contributed by atoms with E-state index < -0.39 is 0 Å². The molecule has 0 N–H and O–H groups in total. The molecule has 0 radical (unpaired) electrons. The van der Waals surface area contributed by atoms with Gasteiger partial charge >= 0.3 is 0 Å². The van der Waals surface area contributed by atoms with Crippen LogP contribution in [0.1, 0.15) is 53.4 Å². The van der Waals surface area contributed by atoms with Crippen molar-refractivity contribution in [3.05, 3.63) is 72.8 Å². The highest BCUT2D eigenvalue weighted by atomic mass is 32.1. The molecule has 0 atom stereocenters. The number of hydrogen-bond acceptors (Lipinski definition) is 4. The third-order valence-electron chi connectivity index (χ3n) is 11.6. The SMILES string of the molecule is CC(C)C1CCN(c2ccc3cc4c(cc3c2)sc2ccc3sc5cc6cc(N7CCC(C(C)C)CC7)ccc6cc5c3c24)CC1. The number of rotatable bonds is 4. The van der Waals surface area contributed by atoms with Gasteiger partial charge in [0.05, 0.1) is 0 Å². The van der Waals surface area contributed by atoms with Crippen molar-refractivity contribution in [3.8, 4) is 0 Å². The second-order valence-electron chi connectivity index (χ2n) is 14.9. The molecule has 2 saturated heterocycles. The van der Waals surface area contributed by atoms with Crippen molar-refractivity contribution >= 4 is 95.9 Å². The Morgan fingerprint density at radius 3 is 1.28 bits per heavy atom. The van der Waals surface area contributed by atoms with Gasteiger partial charge in [0.1, 0.15) is 0 Å². The summed E-state index contributed by atoms with van der Waals surface area (Å²) in [6.45, 7) is 14.2. The number of fused-ring (bicyclic) bond motifs is 9. The number of benzene rings is 5. The van der Waals surface area contributed by atoms with Crippen molar-refractivity contribution in [1.29, 1.82) is 0 Å². The van der Waals surface area contributed by atoms with Crippen molar-refractivity contribution in [2.45, 2.75) is 53.4 Å². The lowest BCUT2D eigenvalue weighted by molar-refractivity contribution is 0.311. The third kappa shape index (κ3) is 4.78. The van der Waals surface area contributed by atoms with E-state index in [1.165, 1.54) is 125 Å². The van der Waals surface area contributed by atoms with Crippen LogP contribution < -0.4 is 9.80 Å². The van der Waals surface area contributed by atoms with Crippen molar-refractivity contribution in [2.24, 2.45) is 23.7 Å². The summed E-state index contributed by atoms with van der Waals surface area (Å²) in [5.41, 5.74) is 2.77. The molecule has 7 aromatic rings. The molecule has 234 valence electrons. The Morgan fingerprint density at radius 2 is 0.891 bits per heavy atom. The average molecular weight is 641 g/mol. The standard InChI is InChI=1S/C42H44N2S2/c1-25(2)27-11-15-43(16-12-27)33-7-5-29-21-35-39(23-31(29)19-33)45-37-9-10-38-42(41(35)37)36-22-30-6-8-34(20-32(30)24-40(36)46-38)44-17-13-28(14-18-44)26(3)4/h5-10,19-28H,11-18H2,1-4H3. The number of anilines is 2. The number of nitrogens with zero attached hydrogens (tertiary/aromatic N) is 2. The molecule has 9 rings (SSSR count). The van der Waals surface area contributed by atoms with Crippen LogP contribution in [0.2, 0.25) is 0 Å². The molecule has 0 spiro atoms. The summed E-state index contributed by atoms with van der Waals surface area (Å²) in [5.74, 6) is 3.32. The van der Waals surface area contributed by atoms with Crippen LogP contribution in [0.25, 0.3) is 61.9 Å². The Hall–Kier alpha value is -3.34. The molecule has 46 heavy (non-hydrogen) atoms. The van der Waals surface area contributed by atoms with Gasteiger partial charge in [-0.15, -0.1) is 22.7 Å². The van der Waals surface area contributed by atoms with E-state index in [2.05, 4.69) is 110 Å². The highest BCUT2D eigenvalue weighted by Gasteiger charge is 2.23. The van der Waals surface area contributed by atoms with E-state index in [9.17, 15) is 0 Å². The van der Waals surface area contributed by atoms with Gasteiger partial charge in [0.25, 0.3) is 0 Å². The Kier molecular flexibility index (Phi) is 6.98. The third-order valence-corrected chi connectivity index (χ3v) is 13.9. The first-order valence-corrected chi connectivity index (χ1v) is 19.2. The van der Waals surface area contributed by atoms with Crippen LogP contribution in [0.4, 0.5) is 11.4 Å². The Labute approximate surface area is 280 Å². The molecule has 2 fully saturated rings. The molecule has 4 heterocycles.